The fourth-order valence-corrected chi connectivity index (χ4v) is 6.28. The predicted molar refractivity (Wildman–Crippen MR) is 168 cm³/mol. The topological polar surface area (TPSA) is 177 Å². The van der Waals surface area contributed by atoms with Gasteiger partial charge in [-0.15, -0.1) is 0 Å². The van der Waals surface area contributed by atoms with Gasteiger partial charge < -0.3 is 31.3 Å². The van der Waals surface area contributed by atoms with Crippen LogP contribution in [0.5, 0.6) is 0 Å². The number of esters is 1. The number of likely N-dealkylation sites (tertiary alicyclic amines) is 1. The van der Waals surface area contributed by atoms with Crippen molar-refractivity contribution < 1.29 is 33.5 Å². The van der Waals surface area contributed by atoms with E-state index in [1.807, 2.05) is 76.2 Å². The molecule has 6 atom stereocenters. The van der Waals surface area contributed by atoms with E-state index in [4.69, 9.17) is 10.5 Å². The summed E-state index contributed by atoms with van der Waals surface area (Å²) in [5.41, 5.74) is 3.38. The summed E-state index contributed by atoms with van der Waals surface area (Å²) < 4.78 is 5.51. The molecule has 254 valence electrons. The molecule has 0 aromatic carbocycles. The van der Waals surface area contributed by atoms with E-state index in [9.17, 15) is 28.8 Å². The van der Waals surface area contributed by atoms with E-state index in [0.29, 0.717) is 13.0 Å². The van der Waals surface area contributed by atoms with E-state index in [2.05, 4.69) is 16.0 Å². The van der Waals surface area contributed by atoms with Crippen molar-refractivity contribution in [2.45, 2.75) is 120 Å². The molecule has 0 radical (unpaired) electrons. The molecule has 2 saturated carbocycles. The molecule has 0 aromatic heterocycles. The van der Waals surface area contributed by atoms with Gasteiger partial charge in [-0.2, -0.15) is 0 Å². The molecule has 0 bridgehead atoms. The Balaban J connectivity index is 1.81. The number of ether oxygens (including phenoxy) is 1. The lowest BCUT2D eigenvalue weighted by Crippen LogP contribution is -2.62. The number of nitrogens with one attached hydrogen (secondary N) is 3. The smallest absolute Gasteiger partial charge is 0.329 e. The Morgan fingerprint density at radius 1 is 0.867 bits per heavy atom. The Morgan fingerprint density at radius 3 is 1.87 bits per heavy atom. The number of carbonyl (C=O) groups is 6. The molecule has 3 fully saturated rings. The van der Waals surface area contributed by atoms with E-state index in [0.717, 1.165) is 12.8 Å². The second-order valence-electron chi connectivity index (χ2n) is 17.2. The maximum Gasteiger partial charge on any atom is 0.329 e. The Labute approximate surface area is 267 Å². The van der Waals surface area contributed by atoms with Crippen molar-refractivity contribution >= 4 is 35.5 Å². The number of piperidine rings is 1. The highest BCUT2D eigenvalue weighted by molar-refractivity contribution is 6.37. The molecular weight excluding hydrogens is 578 g/mol. The molecule has 5 amide bonds. The molecule has 2 aliphatic carbocycles. The zero-order chi connectivity index (χ0) is 34.4. The van der Waals surface area contributed by atoms with E-state index >= 15 is 0 Å². The van der Waals surface area contributed by atoms with Gasteiger partial charge in [-0.05, 0) is 45.8 Å². The summed E-state index contributed by atoms with van der Waals surface area (Å²) in [5, 5.41) is 8.26. The van der Waals surface area contributed by atoms with Crippen molar-refractivity contribution in [3.63, 3.8) is 0 Å². The number of primary amides is 1. The lowest BCUT2D eigenvalue weighted by molar-refractivity contribution is -0.151. The first-order valence-electron chi connectivity index (χ1n) is 16.0. The molecule has 0 spiro atoms. The summed E-state index contributed by atoms with van der Waals surface area (Å²) in [5.74, 6) is -3.33. The normalized spacial score (nSPS) is 24.4. The summed E-state index contributed by atoms with van der Waals surface area (Å²) in [7, 11) is 0. The Morgan fingerprint density at radius 2 is 1.40 bits per heavy atom. The first-order valence-corrected chi connectivity index (χ1v) is 16.0. The third-order valence-electron chi connectivity index (χ3n) is 9.31. The highest BCUT2D eigenvalue weighted by Crippen LogP contribution is 2.65. The van der Waals surface area contributed by atoms with Crippen molar-refractivity contribution in [3.8, 4) is 0 Å². The van der Waals surface area contributed by atoms with Gasteiger partial charge in [0.25, 0.3) is 5.91 Å². The van der Waals surface area contributed by atoms with E-state index < -0.39 is 70.5 Å². The standard InChI is InChI=1S/C33H55N5O7/c1-30(2,3)16-45-28(43)24(32(7,8)9)37-29(44)36-23(31(4,5)6)27(42)38-15-18-20(33(18,10)11)21(38)26(41)35-19(14-17-12-13-17)22(39)25(34)40/h17-21,23-24H,12-16H2,1-11H3,(H2,34,40)(H,35,41)(H2,36,37,44)/t18-,19?,20-,21-,23+,24+/m0/s1. The number of nitrogens with zero attached hydrogens (tertiary/aromatic N) is 1. The Hall–Kier alpha value is -3.18. The predicted octanol–water partition coefficient (Wildman–Crippen LogP) is 2.53. The minimum atomic E-state index is -1.11. The maximum atomic E-state index is 14.2. The zero-order valence-corrected chi connectivity index (χ0v) is 29.0. The first-order chi connectivity index (χ1) is 20.4. The number of Topliss-reactive ketones (excluding diaryl/α,β-unsaturated/α-hetero) is 1. The van der Waals surface area contributed by atoms with Crippen molar-refractivity contribution in [1.82, 2.24) is 20.9 Å². The molecule has 3 aliphatic rings. The number of hydrogen-bond acceptors (Lipinski definition) is 7. The number of amides is 5. The molecule has 12 heteroatoms. The van der Waals surface area contributed by atoms with Crippen LogP contribution in [0.15, 0.2) is 0 Å². The molecule has 5 N–H and O–H groups in total. The molecular formula is C33H55N5O7. The van der Waals surface area contributed by atoms with Crippen LogP contribution in [-0.2, 0) is 28.7 Å². The third kappa shape index (κ3) is 8.76. The molecule has 1 heterocycles. The average molecular weight is 634 g/mol. The molecule has 45 heavy (non-hydrogen) atoms. The van der Waals surface area contributed by atoms with Gasteiger partial charge >= 0.3 is 12.0 Å². The van der Waals surface area contributed by atoms with E-state index in [-0.39, 0.29) is 35.2 Å². The fraction of sp³-hybridized carbons (Fsp3) is 0.818. The van der Waals surface area contributed by atoms with Crippen LogP contribution in [0.3, 0.4) is 0 Å². The Bertz CT molecular complexity index is 1210. The third-order valence-corrected chi connectivity index (χ3v) is 9.31. The number of nitrogens with two attached hydrogens (primary N) is 1. The molecule has 1 saturated heterocycles. The van der Waals surface area contributed by atoms with Gasteiger partial charge in [-0.25, -0.2) is 9.59 Å². The van der Waals surface area contributed by atoms with Gasteiger partial charge in [-0.3, -0.25) is 19.2 Å². The van der Waals surface area contributed by atoms with Gasteiger partial charge in [0.05, 0.1) is 12.6 Å². The average Bonchev–Trinajstić information content (AvgIpc) is 3.73. The van der Waals surface area contributed by atoms with Crippen molar-refractivity contribution in [2.75, 3.05) is 13.2 Å². The van der Waals surface area contributed by atoms with Gasteiger partial charge in [0.2, 0.25) is 17.6 Å². The monoisotopic (exact) mass is 633 g/mol. The summed E-state index contributed by atoms with van der Waals surface area (Å²) in [6.45, 7) is 21.2. The largest absolute Gasteiger partial charge is 0.464 e. The highest BCUT2D eigenvalue weighted by atomic mass is 16.5. The molecule has 0 aromatic rings. The van der Waals surface area contributed by atoms with Crippen molar-refractivity contribution in [1.29, 1.82) is 0 Å². The molecule has 12 nitrogen and oxygen atoms in total. The lowest BCUT2D eigenvalue weighted by atomic mass is 9.85. The number of ketones is 1. The number of rotatable bonds is 11. The van der Waals surface area contributed by atoms with Crippen LogP contribution in [0.4, 0.5) is 4.79 Å². The first kappa shape index (κ1) is 36.3. The van der Waals surface area contributed by atoms with E-state index in [1.165, 1.54) is 4.90 Å². The summed E-state index contributed by atoms with van der Waals surface area (Å²) in [4.78, 5) is 80.3. The fourth-order valence-electron chi connectivity index (χ4n) is 6.28. The SMILES string of the molecule is CC(C)(C)COC(=O)[C@@H](NC(=O)N[C@H](C(=O)N1C[C@H]2[C@@H]([C@H]1C(=O)NC(CC1CC1)C(=O)C(N)=O)C2(C)C)C(C)(C)C)C(C)(C)C. The minimum Gasteiger partial charge on any atom is -0.464 e. The van der Waals surface area contributed by atoms with Gasteiger partial charge in [0.1, 0.15) is 18.1 Å². The number of fused-ring (bicyclic) bond motifs is 1. The van der Waals surface area contributed by atoms with Crippen molar-refractivity contribution in [3.05, 3.63) is 0 Å². The van der Waals surface area contributed by atoms with Crippen LogP contribution < -0.4 is 21.7 Å². The highest BCUT2D eigenvalue weighted by Gasteiger charge is 2.70. The van der Waals surface area contributed by atoms with Gasteiger partial charge in [0, 0.05) is 6.54 Å². The molecule has 1 aliphatic heterocycles. The van der Waals surface area contributed by atoms with Crippen LogP contribution >= 0.6 is 0 Å². The van der Waals surface area contributed by atoms with Crippen molar-refractivity contribution in [2.24, 2.45) is 45.1 Å². The van der Waals surface area contributed by atoms with Crippen LogP contribution in [0, 0.1) is 39.4 Å². The second kappa shape index (κ2) is 12.5. The number of urea groups is 1. The number of carbonyl (C=O) groups excluding carboxylic acids is 6. The van der Waals surface area contributed by atoms with Gasteiger partial charge in [0.15, 0.2) is 0 Å². The molecule has 1 unspecified atom stereocenters. The summed E-state index contributed by atoms with van der Waals surface area (Å²) in [6.07, 6.45) is 2.15. The van der Waals surface area contributed by atoms with Crippen LogP contribution in [-0.4, -0.2) is 77.7 Å². The van der Waals surface area contributed by atoms with Crippen LogP contribution in [0.2, 0.25) is 0 Å². The summed E-state index contributed by atoms with van der Waals surface area (Å²) >= 11 is 0. The zero-order valence-electron chi connectivity index (χ0n) is 29.0. The molecule has 3 rings (SSSR count). The summed E-state index contributed by atoms with van der Waals surface area (Å²) in [6, 6.07) is -4.67. The maximum absolute atomic E-state index is 14.2. The van der Waals surface area contributed by atoms with Crippen LogP contribution in [0.25, 0.3) is 0 Å². The quantitative estimate of drug-likeness (QED) is 0.200. The van der Waals surface area contributed by atoms with E-state index in [1.54, 1.807) is 0 Å². The second-order valence-corrected chi connectivity index (χ2v) is 17.2. The Kier molecular flexibility index (Phi) is 10.1. The van der Waals surface area contributed by atoms with Crippen LogP contribution in [0.1, 0.15) is 95.4 Å². The van der Waals surface area contributed by atoms with Gasteiger partial charge in [-0.1, -0.05) is 89.0 Å². The minimum absolute atomic E-state index is 0.0585. The lowest BCUT2D eigenvalue weighted by Gasteiger charge is -2.38. The number of hydrogen-bond donors (Lipinski definition) is 4.